The van der Waals surface area contributed by atoms with E-state index in [2.05, 4.69) is 0 Å². The van der Waals surface area contributed by atoms with Gasteiger partial charge in [0.05, 0.1) is 22.2 Å². The quantitative estimate of drug-likeness (QED) is 0.819. The maximum atomic E-state index is 13.4. The highest BCUT2D eigenvalue weighted by molar-refractivity contribution is 7.92. The molecule has 0 aromatic heterocycles. The second kappa shape index (κ2) is 5.33. The van der Waals surface area contributed by atoms with Crippen LogP contribution >= 0.6 is 0 Å². The Kier molecular flexibility index (Phi) is 3.26. The minimum Gasteiger partial charge on any atom is -0.311 e. The smallest absolute Gasteiger partial charge is 0.264 e. The van der Waals surface area contributed by atoms with Crippen LogP contribution in [0.5, 0.6) is 0 Å². The van der Waals surface area contributed by atoms with Gasteiger partial charge in [0.1, 0.15) is 0 Å². The second-order valence-electron chi connectivity index (χ2n) is 7.29. The van der Waals surface area contributed by atoms with Gasteiger partial charge in [-0.1, -0.05) is 18.2 Å². The third-order valence-electron chi connectivity index (χ3n) is 5.83. The molecule has 1 atom stereocenters. The maximum absolute atomic E-state index is 13.4. The number of nitrogens with zero attached hydrogens (tertiary/aromatic N) is 2. The summed E-state index contributed by atoms with van der Waals surface area (Å²) in [7, 11) is -3.64. The van der Waals surface area contributed by atoms with Crippen LogP contribution in [0.25, 0.3) is 0 Å². The molecule has 0 saturated carbocycles. The molecule has 6 heteroatoms. The summed E-state index contributed by atoms with van der Waals surface area (Å²) in [5.74, 6) is -0.190. The molecular formula is C20H20N2O3S. The molecule has 2 aromatic carbocycles. The highest BCUT2D eigenvalue weighted by Crippen LogP contribution is 2.44. The Morgan fingerprint density at radius 2 is 1.85 bits per heavy atom. The Morgan fingerprint density at radius 1 is 1.04 bits per heavy atom. The standard InChI is InChI=1S/C20H20N2O3S/c1-13-17-12-16(11-15-6-4-9-21(19(15)17)20(13)23)26(24,25)22-10-8-14-5-2-3-7-18(14)22/h2-3,5,7,11-13H,4,6,8-10H2,1H3/t13-/m0/s1. The van der Waals surface area contributed by atoms with Crippen LogP contribution < -0.4 is 9.21 Å². The van der Waals surface area contributed by atoms with Crippen molar-refractivity contribution in [1.29, 1.82) is 0 Å². The first-order chi connectivity index (χ1) is 12.5. The van der Waals surface area contributed by atoms with Crippen molar-refractivity contribution in [1.82, 2.24) is 0 Å². The van der Waals surface area contributed by atoms with E-state index in [9.17, 15) is 13.2 Å². The highest BCUT2D eigenvalue weighted by Gasteiger charge is 2.40. The van der Waals surface area contributed by atoms with Crippen LogP contribution in [0.4, 0.5) is 11.4 Å². The van der Waals surface area contributed by atoms with Crippen molar-refractivity contribution < 1.29 is 13.2 Å². The van der Waals surface area contributed by atoms with E-state index in [1.165, 1.54) is 4.31 Å². The minimum atomic E-state index is -3.64. The lowest BCUT2D eigenvalue weighted by Crippen LogP contribution is -2.32. The van der Waals surface area contributed by atoms with E-state index in [-0.39, 0.29) is 11.8 Å². The van der Waals surface area contributed by atoms with Gasteiger partial charge in [-0.2, -0.15) is 0 Å². The zero-order valence-corrected chi connectivity index (χ0v) is 15.4. The molecule has 5 nitrogen and oxygen atoms in total. The molecule has 5 rings (SSSR count). The fourth-order valence-corrected chi connectivity index (χ4v) is 6.09. The Balaban J connectivity index is 1.65. The van der Waals surface area contributed by atoms with Gasteiger partial charge in [-0.05, 0) is 61.1 Å². The van der Waals surface area contributed by atoms with E-state index in [4.69, 9.17) is 0 Å². The van der Waals surface area contributed by atoms with Gasteiger partial charge in [0.25, 0.3) is 10.0 Å². The highest BCUT2D eigenvalue weighted by atomic mass is 32.2. The van der Waals surface area contributed by atoms with E-state index in [1.807, 2.05) is 36.1 Å². The number of anilines is 2. The van der Waals surface area contributed by atoms with Gasteiger partial charge in [-0.25, -0.2) is 8.42 Å². The first-order valence-electron chi connectivity index (χ1n) is 9.07. The lowest BCUT2D eigenvalue weighted by atomic mass is 9.97. The molecule has 134 valence electrons. The lowest BCUT2D eigenvalue weighted by Gasteiger charge is -2.27. The largest absolute Gasteiger partial charge is 0.311 e. The van der Waals surface area contributed by atoms with E-state index in [0.29, 0.717) is 11.4 Å². The summed E-state index contributed by atoms with van der Waals surface area (Å²) >= 11 is 0. The number of carbonyl (C=O) groups is 1. The van der Waals surface area contributed by atoms with Gasteiger partial charge in [0.15, 0.2) is 0 Å². The molecule has 0 fully saturated rings. The molecule has 3 heterocycles. The van der Waals surface area contributed by atoms with Crippen molar-refractivity contribution in [2.24, 2.45) is 0 Å². The molecule has 0 spiro atoms. The molecule has 0 unspecified atom stereocenters. The maximum Gasteiger partial charge on any atom is 0.264 e. The van der Waals surface area contributed by atoms with Crippen molar-refractivity contribution in [2.45, 2.75) is 37.0 Å². The molecule has 26 heavy (non-hydrogen) atoms. The minimum absolute atomic E-state index is 0.0852. The molecule has 3 aliphatic rings. The first-order valence-corrected chi connectivity index (χ1v) is 10.5. The lowest BCUT2D eigenvalue weighted by molar-refractivity contribution is -0.119. The Bertz CT molecular complexity index is 1050. The van der Waals surface area contributed by atoms with E-state index < -0.39 is 10.0 Å². The number of hydrogen-bond acceptors (Lipinski definition) is 3. The normalized spacial score (nSPS) is 21.1. The number of aryl methyl sites for hydroxylation is 1. The van der Waals surface area contributed by atoms with Gasteiger partial charge < -0.3 is 4.90 Å². The predicted octanol–water partition coefficient (Wildman–Crippen LogP) is 2.83. The fraction of sp³-hybridized carbons (Fsp3) is 0.350. The molecule has 0 N–H and O–H groups in total. The Hall–Kier alpha value is -2.34. The fourth-order valence-electron chi connectivity index (χ4n) is 4.50. The van der Waals surface area contributed by atoms with Gasteiger partial charge in [0, 0.05) is 13.1 Å². The van der Waals surface area contributed by atoms with E-state index in [0.717, 1.165) is 53.9 Å². The number of carbonyl (C=O) groups excluding carboxylic acids is 1. The summed E-state index contributed by atoms with van der Waals surface area (Å²) in [5.41, 5.74) is 4.63. The zero-order valence-electron chi connectivity index (χ0n) is 14.6. The van der Waals surface area contributed by atoms with Gasteiger partial charge >= 0.3 is 0 Å². The van der Waals surface area contributed by atoms with Gasteiger partial charge in [-0.3, -0.25) is 9.10 Å². The van der Waals surface area contributed by atoms with Crippen molar-refractivity contribution in [3.05, 3.63) is 53.1 Å². The molecule has 0 bridgehead atoms. The summed E-state index contributed by atoms with van der Waals surface area (Å²) in [6.45, 7) is 3.07. The average molecular weight is 368 g/mol. The SMILES string of the molecule is C[C@@H]1C(=O)N2CCCc3cc(S(=O)(=O)N4CCc5ccccc54)cc1c32. The van der Waals surface area contributed by atoms with Crippen molar-refractivity contribution in [3.63, 3.8) is 0 Å². The third-order valence-corrected chi connectivity index (χ3v) is 7.62. The zero-order chi connectivity index (χ0) is 18.1. The van der Waals surface area contributed by atoms with Crippen LogP contribution in [0.1, 0.15) is 36.0 Å². The van der Waals surface area contributed by atoms with Crippen LogP contribution in [0, 0.1) is 0 Å². The number of rotatable bonds is 2. The average Bonchev–Trinajstić information content (AvgIpc) is 3.19. The summed E-state index contributed by atoms with van der Waals surface area (Å²) in [6, 6.07) is 11.2. The molecular weight excluding hydrogens is 348 g/mol. The third kappa shape index (κ3) is 2.02. The van der Waals surface area contributed by atoms with Gasteiger partial charge in [0.2, 0.25) is 5.91 Å². The predicted molar refractivity (Wildman–Crippen MR) is 100 cm³/mol. The monoisotopic (exact) mass is 368 g/mol. The number of fused-ring (bicyclic) bond motifs is 1. The molecule has 0 saturated heterocycles. The number of amides is 1. The Labute approximate surface area is 153 Å². The number of sulfonamides is 1. The number of benzene rings is 2. The first kappa shape index (κ1) is 15.9. The second-order valence-corrected chi connectivity index (χ2v) is 9.15. The van der Waals surface area contributed by atoms with Crippen LogP contribution in [0.2, 0.25) is 0 Å². The number of para-hydroxylation sites is 1. The van der Waals surface area contributed by atoms with E-state index in [1.54, 1.807) is 12.1 Å². The molecule has 0 radical (unpaired) electrons. The topological polar surface area (TPSA) is 57.7 Å². The van der Waals surface area contributed by atoms with E-state index >= 15 is 0 Å². The number of hydrogen-bond donors (Lipinski definition) is 0. The molecule has 2 aromatic rings. The van der Waals surface area contributed by atoms with Crippen molar-refractivity contribution in [3.8, 4) is 0 Å². The van der Waals surface area contributed by atoms with Crippen LogP contribution in [-0.2, 0) is 27.7 Å². The summed E-state index contributed by atoms with van der Waals surface area (Å²) in [5, 5.41) is 0. The summed E-state index contributed by atoms with van der Waals surface area (Å²) < 4.78 is 28.3. The Morgan fingerprint density at radius 3 is 2.69 bits per heavy atom. The van der Waals surface area contributed by atoms with Crippen molar-refractivity contribution in [2.75, 3.05) is 22.3 Å². The van der Waals surface area contributed by atoms with Crippen LogP contribution in [0.15, 0.2) is 41.3 Å². The molecule has 0 aliphatic carbocycles. The molecule has 1 amide bonds. The summed E-state index contributed by atoms with van der Waals surface area (Å²) in [4.78, 5) is 14.7. The summed E-state index contributed by atoms with van der Waals surface area (Å²) in [6.07, 6.45) is 2.43. The van der Waals surface area contributed by atoms with Crippen LogP contribution in [-0.4, -0.2) is 27.4 Å². The van der Waals surface area contributed by atoms with Gasteiger partial charge in [-0.15, -0.1) is 0 Å². The molecule has 3 aliphatic heterocycles. The van der Waals surface area contributed by atoms with Crippen molar-refractivity contribution >= 4 is 27.3 Å². The van der Waals surface area contributed by atoms with Crippen LogP contribution in [0.3, 0.4) is 0 Å².